The molecule has 6 nitrogen and oxygen atoms in total. The molecule has 0 atom stereocenters. The van der Waals surface area contributed by atoms with Crippen molar-refractivity contribution in [2.45, 2.75) is 4.90 Å². The summed E-state index contributed by atoms with van der Waals surface area (Å²) in [5, 5.41) is 12.1. The summed E-state index contributed by atoms with van der Waals surface area (Å²) in [7, 11) is -4.09. The maximum absolute atomic E-state index is 12.6. The number of hydrogen-bond donors (Lipinski definition) is 1. The lowest BCUT2D eigenvalue weighted by Gasteiger charge is -2.11. The zero-order valence-corrected chi connectivity index (χ0v) is 20.3. The first-order valence-corrected chi connectivity index (χ1v) is 12.0. The fourth-order valence-electron chi connectivity index (χ4n) is 2.50. The molecule has 31 heavy (non-hydrogen) atoms. The van der Waals surface area contributed by atoms with Gasteiger partial charge >= 0.3 is 10.1 Å². The van der Waals surface area contributed by atoms with Crippen LogP contribution in [0.1, 0.15) is 5.56 Å². The van der Waals surface area contributed by atoms with E-state index in [1.54, 1.807) is 42.5 Å². The van der Waals surface area contributed by atoms with Gasteiger partial charge in [-0.05, 0) is 83.3 Å². The Balaban J connectivity index is 1.93. The van der Waals surface area contributed by atoms with E-state index in [2.05, 4.69) is 43.8 Å². The van der Waals surface area contributed by atoms with Crippen LogP contribution in [-0.4, -0.2) is 14.3 Å². The number of nitrogens with zero attached hydrogens (tertiary/aromatic N) is 1. The van der Waals surface area contributed by atoms with Crippen LogP contribution in [0.5, 0.6) is 5.75 Å². The van der Waals surface area contributed by atoms with E-state index < -0.39 is 16.0 Å². The molecule has 0 aromatic heterocycles. The van der Waals surface area contributed by atoms with Crippen molar-refractivity contribution in [1.82, 2.24) is 0 Å². The molecule has 0 aliphatic heterocycles. The molecule has 1 N–H and O–H groups in total. The van der Waals surface area contributed by atoms with Crippen LogP contribution in [0.25, 0.3) is 6.08 Å². The van der Waals surface area contributed by atoms with E-state index in [4.69, 9.17) is 4.18 Å². The van der Waals surface area contributed by atoms with Gasteiger partial charge in [-0.2, -0.15) is 13.7 Å². The summed E-state index contributed by atoms with van der Waals surface area (Å²) in [6.45, 7) is 0. The molecule has 9 heteroatoms. The van der Waals surface area contributed by atoms with E-state index in [0.29, 0.717) is 10.2 Å². The molecule has 0 radical (unpaired) electrons. The van der Waals surface area contributed by atoms with Gasteiger partial charge < -0.3 is 9.50 Å². The topological polar surface area (TPSA) is 96.3 Å². The van der Waals surface area contributed by atoms with Crippen molar-refractivity contribution in [1.29, 1.82) is 5.26 Å². The van der Waals surface area contributed by atoms with E-state index in [-0.39, 0.29) is 21.8 Å². The SMILES string of the molecule is N#C/C(=C\c1cc(Br)ccc1OS(=O)(=O)c1ccccc1)C(=O)Nc1ccc(I)cc1. The van der Waals surface area contributed by atoms with Crippen LogP contribution in [-0.2, 0) is 14.9 Å². The number of carbonyl (C=O) groups is 1. The Morgan fingerprint density at radius 1 is 1.06 bits per heavy atom. The van der Waals surface area contributed by atoms with Crippen LogP contribution in [0.3, 0.4) is 0 Å². The quantitative estimate of drug-likeness (QED) is 0.176. The molecule has 0 bridgehead atoms. The van der Waals surface area contributed by atoms with Gasteiger partial charge in [0.2, 0.25) is 0 Å². The van der Waals surface area contributed by atoms with Crippen molar-refractivity contribution in [3.8, 4) is 11.8 Å². The average molecular weight is 609 g/mol. The van der Waals surface area contributed by atoms with E-state index in [1.165, 1.54) is 24.3 Å². The minimum Gasteiger partial charge on any atom is -0.378 e. The molecule has 1 amide bonds. The van der Waals surface area contributed by atoms with Gasteiger partial charge in [0, 0.05) is 19.3 Å². The van der Waals surface area contributed by atoms with Crippen LogP contribution in [0.2, 0.25) is 0 Å². The molecule has 0 unspecified atom stereocenters. The lowest BCUT2D eigenvalue weighted by Crippen LogP contribution is -2.14. The fraction of sp³-hybridized carbons (Fsp3) is 0. The number of anilines is 1. The van der Waals surface area contributed by atoms with E-state index >= 15 is 0 Å². The molecule has 0 spiro atoms. The molecule has 0 aliphatic carbocycles. The number of carbonyl (C=O) groups excluding carboxylic acids is 1. The van der Waals surface area contributed by atoms with Gasteiger partial charge in [0.15, 0.2) is 0 Å². The third-order valence-electron chi connectivity index (χ3n) is 3.97. The summed E-state index contributed by atoms with van der Waals surface area (Å²) in [4.78, 5) is 12.6. The summed E-state index contributed by atoms with van der Waals surface area (Å²) >= 11 is 5.46. The Morgan fingerprint density at radius 3 is 2.39 bits per heavy atom. The highest BCUT2D eigenvalue weighted by molar-refractivity contribution is 14.1. The summed E-state index contributed by atoms with van der Waals surface area (Å²) in [6, 6.07) is 21.2. The molecule has 3 rings (SSSR count). The normalized spacial score (nSPS) is 11.5. The highest BCUT2D eigenvalue weighted by Gasteiger charge is 2.19. The number of hydrogen-bond acceptors (Lipinski definition) is 5. The summed E-state index contributed by atoms with van der Waals surface area (Å²) in [5.41, 5.74) is 0.575. The summed E-state index contributed by atoms with van der Waals surface area (Å²) in [6.07, 6.45) is 1.28. The van der Waals surface area contributed by atoms with Gasteiger partial charge in [0.1, 0.15) is 22.3 Å². The van der Waals surface area contributed by atoms with Gasteiger partial charge in [-0.25, -0.2) is 0 Å². The number of nitriles is 1. The number of rotatable bonds is 6. The molecule has 0 saturated carbocycles. The third kappa shape index (κ3) is 6.16. The zero-order chi connectivity index (χ0) is 22.4. The second-order valence-electron chi connectivity index (χ2n) is 6.16. The van der Waals surface area contributed by atoms with Crippen molar-refractivity contribution in [3.05, 3.63) is 92.0 Å². The van der Waals surface area contributed by atoms with E-state index in [0.717, 1.165) is 3.57 Å². The Kier molecular flexibility index (Phi) is 7.48. The second-order valence-corrected chi connectivity index (χ2v) is 9.87. The molecule has 0 saturated heterocycles. The highest BCUT2D eigenvalue weighted by Crippen LogP contribution is 2.28. The minimum absolute atomic E-state index is 0.00944. The first-order chi connectivity index (χ1) is 14.8. The Morgan fingerprint density at radius 2 is 1.74 bits per heavy atom. The van der Waals surface area contributed by atoms with Gasteiger partial charge in [0.05, 0.1) is 0 Å². The van der Waals surface area contributed by atoms with Crippen molar-refractivity contribution in [2.24, 2.45) is 0 Å². The fourth-order valence-corrected chi connectivity index (χ4v) is 4.21. The van der Waals surface area contributed by atoms with Gasteiger partial charge in [-0.15, -0.1) is 0 Å². The van der Waals surface area contributed by atoms with Crippen LogP contribution in [0, 0.1) is 14.9 Å². The summed E-state index contributed by atoms with van der Waals surface area (Å²) in [5.74, 6) is -0.637. The number of amides is 1. The zero-order valence-electron chi connectivity index (χ0n) is 15.7. The van der Waals surface area contributed by atoms with Gasteiger partial charge in [-0.3, -0.25) is 4.79 Å². The third-order valence-corrected chi connectivity index (χ3v) is 6.43. The first kappa shape index (κ1) is 23.0. The first-order valence-electron chi connectivity index (χ1n) is 8.76. The van der Waals surface area contributed by atoms with Crippen LogP contribution in [0.4, 0.5) is 5.69 Å². The largest absolute Gasteiger partial charge is 0.378 e. The van der Waals surface area contributed by atoms with Crippen LogP contribution >= 0.6 is 38.5 Å². The van der Waals surface area contributed by atoms with Gasteiger partial charge in [-0.1, -0.05) is 34.1 Å². The molecule has 156 valence electrons. The second kappa shape index (κ2) is 10.1. The van der Waals surface area contributed by atoms with E-state index in [1.807, 2.05) is 18.2 Å². The molecule has 3 aromatic carbocycles. The minimum atomic E-state index is -4.09. The van der Waals surface area contributed by atoms with Crippen molar-refractivity contribution >= 4 is 66.3 Å². The monoisotopic (exact) mass is 608 g/mol. The van der Waals surface area contributed by atoms with Gasteiger partial charge in [0.25, 0.3) is 5.91 Å². The number of halogens is 2. The summed E-state index contributed by atoms with van der Waals surface area (Å²) < 4.78 is 32.1. The Labute approximate surface area is 201 Å². The van der Waals surface area contributed by atoms with Crippen molar-refractivity contribution in [2.75, 3.05) is 5.32 Å². The standard InChI is InChI=1S/C22H14BrIN2O4S/c23-17-6-11-21(30-31(28,29)20-4-2-1-3-5-20)15(13-17)12-16(14-25)22(27)26-19-9-7-18(24)8-10-19/h1-13H,(H,26,27)/b16-12+. The predicted molar refractivity (Wildman–Crippen MR) is 130 cm³/mol. The molecule has 0 aliphatic rings. The molecule has 0 heterocycles. The lowest BCUT2D eigenvalue weighted by molar-refractivity contribution is -0.112. The number of benzene rings is 3. The highest BCUT2D eigenvalue weighted by atomic mass is 127. The molecule has 3 aromatic rings. The van der Waals surface area contributed by atoms with Crippen LogP contribution < -0.4 is 9.50 Å². The molecular formula is C22H14BrIN2O4S. The lowest BCUT2D eigenvalue weighted by atomic mass is 10.1. The van der Waals surface area contributed by atoms with Crippen molar-refractivity contribution < 1.29 is 17.4 Å². The van der Waals surface area contributed by atoms with E-state index in [9.17, 15) is 18.5 Å². The predicted octanol–water partition coefficient (Wildman–Crippen LogP) is 5.37. The maximum atomic E-state index is 12.6. The van der Waals surface area contributed by atoms with Crippen LogP contribution in [0.15, 0.2) is 87.7 Å². The smallest absolute Gasteiger partial charge is 0.339 e. The number of nitrogens with one attached hydrogen (secondary N) is 1. The molecule has 0 fully saturated rings. The Hall–Kier alpha value is -2.68. The Bertz CT molecular complexity index is 1290. The maximum Gasteiger partial charge on any atom is 0.339 e. The molecular weight excluding hydrogens is 595 g/mol. The average Bonchev–Trinajstić information content (AvgIpc) is 2.75. The van der Waals surface area contributed by atoms with Crippen molar-refractivity contribution in [3.63, 3.8) is 0 Å².